The maximum Gasteiger partial charge on any atom is 0.167 e. The molecule has 0 bridgehead atoms. The van der Waals surface area contributed by atoms with Gasteiger partial charge in [-0.15, -0.1) is 12.3 Å². The molecule has 0 amide bonds. The van der Waals surface area contributed by atoms with Crippen LogP contribution in [0.4, 0.5) is 0 Å². The molecule has 0 radical (unpaired) electrons. The highest BCUT2D eigenvalue weighted by Crippen LogP contribution is 2.34. The van der Waals surface area contributed by atoms with Gasteiger partial charge in [0.1, 0.15) is 0 Å². The Balaban J connectivity index is 2.49. The zero-order chi connectivity index (χ0) is 9.03. The molecule has 1 fully saturated rings. The van der Waals surface area contributed by atoms with Crippen LogP contribution in [0.5, 0.6) is 0 Å². The van der Waals surface area contributed by atoms with E-state index in [2.05, 4.69) is 5.92 Å². The Labute approximate surface area is 74.2 Å². The number of methoxy groups -OCH3 is 2. The maximum absolute atomic E-state index is 5.34. The van der Waals surface area contributed by atoms with Gasteiger partial charge in [-0.2, -0.15) is 0 Å². The second kappa shape index (κ2) is 3.93. The molecule has 0 unspecified atom stereocenters. The zero-order valence-electron chi connectivity index (χ0n) is 7.80. The first-order valence-electron chi connectivity index (χ1n) is 4.33. The van der Waals surface area contributed by atoms with Crippen LogP contribution in [0.1, 0.15) is 25.7 Å². The molecule has 0 N–H and O–H groups in total. The predicted octanol–water partition coefficient (Wildman–Crippen LogP) is 1.80. The van der Waals surface area contributed by atoms with Crippen LogP contribution in [0.3, 0.4) is 0 Å². The molecule has 0 aromatic rings. The molecule has 1 aliphatic carbocycles. The molecule has 0 saturated heterocycles. The molecule has 0 aromatic heterocycles. The van der Waals surface area contributed by atoms with E-state index < -0.39 is 0 Å². The minimum atomic E-state index is -0.354. The van der Waals surface area contributed by atoms with Crippen LogP contribution in [-0.4, -0.2) is 20.0 Å². The van der Waals surface area contributed by atoms with Crippen molar-refractivity contribution >= 4 is 0 Å². The van der Waals surface area contributed by atoms with Crippen molar-refractivity contribution in [2.45, 2.75) is 31.5 Å². The molecule has 1 rings (SSSR count). The van der Waals surface area contributed by atoms with E-state index in [1.807, 2.05) is 0 Å². The van der Waals surface area contributed by atoms with E-state index in [1.165, 1.54) is 0 Å². The summed E-state index contributed by atoms with van der Waals surface area (Å²) in [6.07, 6.45) is 9.19. The molecular formula is C10H16O2. The number of rotatable bonds is 2. The third kappa shape index (κ3) is 1.80. The first-order valence-corrected chi connectivity index (χ1v) is 4.33. The van der Waals surface area contributed by atoms with Gasteiger partial charge in [0.15, 0.2) is 5.79 Å². The van der Waals surface area contributed by atoms with Gasteiger partial charge in [0.25, 0.3) is 0 Å². The first-order chi connectivity index (χ1) is 5.76. The Morgan fingerprint density at radius 1 is 1.25 bits per heavy atom. The predicted molar refractivity (Wildman–Crippen MR) is 47.5 cm³/mol. The van der Waals surface area contributed by atoms with Gasteiger partial charge in [-0.3, -0.25) is 0 Å². The van der Waals surface area contributed by atoms with Crippen LogP contribution in [0.2, 0.25) is 0 Å². The summed E-state index contributed by atoms with van der Waals surface area (Å²) in [7, 11) is 3.39. The van der Waals surface area contributed by atoms with Gasteiger partial charge in [0, 0.05) is 33.0 Å². The molecule has 0 aromatic carbocycles. The fraction of sp³-hybridized carbons (Fsp3) is 0.800. The minimum absolute atomic E-state index is 0.354. The molecule has 2 heteroatoms. The van der Waals surface area contributed by atoms with Crippen molar-refractivity contribution in [3.8, 4) is 12.3 Å². The van der Waals surface area contributed by atoms with Crippen LogP contribution in [0.25, 0.3) is 0 Å². The number of hydrogen-bond acceptors (Lipinski definition) is 2. The smallest absolute Gasteiger partial charge is 0.167 e. The van der Waals surface area contributed by atoms with Crippen LogP contribution < -0.4 is 0 Å². The van der Waals surface area contributed by atoms with Crippen molar-refractivity contribution in [2.75, 3.05) is 14.2 Å². The summed E-state index contributed by atoms with van der Waals surface area (Å²) in [4.78, 5) is 0. The highest BCUT2D eigenvalue weighted by Gasteiger charge is 2.34. The lowest BCUT2D eigenvalue weighted by molar-refractivity contribution is -0.225. The Bertz CT molecular complexity index is 167. The number of terminal acetylenes is 1. The highest BCUT2D eigenvalue weighted by atomic mass is 16.7. The topological polar surface area (TPSA) is 18.5 Å². The van der Waals surface area contributed by atoms with E-state index in [-0.39, 0.29) is 5.79 Å². The highest BCUT2D eigenvalue weighted by molar-refractivity contribution is 4.96. The van der Waals surface area contributed by atoms with E-state index in [0.717, 1.165) is 25.7 Å². The van der Waals surface area contributed by atoms with Crippen LogP contribution in [0.15, 0.2) is 0 Å². The van der Waals surface area contributed by atoms with Crippen molar-refractivity contribution in [1.29, 1.82) is 0 Å². The van der Waals surface area contributed by atoms with Gasteiger partial charge in [-0.1, -0.05) is 0 Å². The first kappa shape index (κ1) is 9.57. The van der Waals surface area contributed by atoms with Gasteiger partial charge in [-0.25, -0.2) is 0 Å². The lowest BCUT2D eigenvalue weighted by Gasteiger charge is -2.36. The summed E-state index contributed by atoms with van der Waals surface area (Å²) < 4.78 is 10.7. The number of ether oxygens (including phenoxy) is 2. The molecule has 0 atom stereocenters. The molecule has 2 nitrogen and oxygen atoms in total. The molecule has 1 aliphatic rings. The SMILES string of the molecule is C#CC1CCC(OC)(OC)CC1. The molecule has 1 saturated carbocycles. The van der Waals surface area contributed by atoms with E-state index in [9.17, 15) is 0 Å². The lowest BCUT2D eigenvalue weighted by atomic mass is 9.85. The van der Waals surface area contributed by atoms with Gasteiger partial charge in [0.05, 0.1) is 0 Å². The van der Waals surface area contributed by atoms with E-state index in [1.54, 1.807) is 14.2 Å². The van der Waals surface area contributed by atoms with Gasteiger partial charge < -0.3 is 9.47 Å². The summed E-state index contributed by atoms with van der Waals surface area (Å²) in [5.74, 6) is 2.84. The number of hydrogen-bond donors (Lipinski definition) is 0. The minimum Gasteiger partial charge on any atom is -0.353 e. The Hall–Kier alpha value is -0.520. The van der Waals surface area contributed by atoms with E-state index >= 15 is 0 Å². The van der Waals surface area contributed by atoms with Crippen LogP contribution in [0, 0.1) is 18.3 Å². The summed E-state index contributed by atoms with van der Waals surface area (Å²) in [5.41, 5.74) is 0. The van der Waals surface area contributed by atoms with E-state index in [4.69, 9.17) is 15.9 Å². The average molecular weight is 168 g/mol. The van der Waals surface area contributed by atoms with Crippen LogP contribution >= 0.6 is 0 Å². The lowest BCUT2D eigenvalue weighted by Crippen LogP contribution is -2.37. The molecule has 0 spiro atoms. The van der Waals surface area contributed by atoms with Crippen molar-refractivity contribution in [1.82, 2.24) is 0 Å². The van der Waals surface area contributed by atoms with Crippen molar-refractivity contribution in [3.05, 3.63) is 0 Å². The summed E-state index contributed by atoms with van der Waals surface area (Å²) >= 11 is 0. The second-order valence-electron chi connectivity index (χ2n) is 3.26. The van der Waals surface area contributed by atoms with Crippen molar-refractivity contribution in [3.63, 3.8) is 0 Å². The zero-order valence-corrected chi connectivity index (χ0v) is 7.80. The fourth-order valence-electron chi connectivity index (χ4n) is 1.72. The summed E-state index contributed by atoms with van der Waals surface area (Å²) in [5, 5.41) is 0. The molecular weight excluding hydrogens is 152 g/mol. The van der Waals surface area contributed by atoms with Crippen LogP contribution in [-0.2, 0) is 9.47 Å². The Morgan fingerprint density at radius 3 is 2.08 bits per heavy atom. The summed E-state index contributed by atoms with van der Waals surface area (Å²) in [6.45, 7) is 0. The standard InChI is InChI=1S/C10H16O2/c1-4-9-5-7-10(11-2,12-3)8-6-9/h1,9H,5-8H2,2-3H3. The maximum atomic E-state index is 5.34. The second-order valence-corrected chi connectivity index (χ2v) is 3.26. The Kier molecular flexibility index (Phi) is 3.13. The monoisotopic (exact) mass is 168 g/mol. The third-order valence-electron chi connectivity index (χ3n) is 2.73. The van der Waals surface area contributed by atoms with Crippen molar-refractivity contribution < 1.29 is 9.47 Å². The molecule has 12 heavy (non-hydrogen) atoms. The Morgan fingerprint density at radius 2 is 1.75 bits per heavy atom. The van der Waals surface area contributed by atoms with Gasteiger partial charge in [0.2, 0.25) is 0 Å². The average Bonchev–Trinajstić information content (AvgIpc) is 2.18. The largest absolute Gasteiger partial charge is 0.353 e. The van der Waals surface area contributed by atoms with Crippen molar-refractivity contribution in [2.24, 2.45) is 5.92 Å². The van der Waals surface area contributed by atoms with Gasteiger partial charge in [-0.05, 0) is 12.8 Å². The fourth-order valence-corrected chi connectivity index (χ4v) is 1.72. The van der Waals surface area contributed by atoms with Gasteiger partial charge >= 0.3 is 0 Å². The van der Waals surface area contributed by atoms with E-state index in [0.29, 0.717) is 5.92 Å². The third-order valence-corrected chi connectivity index (χ3v) is 2.73. The normalized spacial score (nSPS) is 23.4. The molecule has 0 heterocycles. The summed E-state index contributed by atoms with van der Waals surface area (Å²) in [6, 6.07) is 0. The molecule has 0 aliphatic heterocycles. The quantitative estimate of drug-likeness (QED) is 0.462. The molecule has 68 valence electrons.